The maximum absolute atomic E-state index is 12.7. The van der Waals surface area contributed by atoms with Crippen molar-refractivity contribution in [2.75, 3.05) is 4.90 Å². The highest BCUT2D eigenvalue weighted by molar-refractivity contribution is 6.30. The summed E-state index contributed by atoms with van der Waals surface area (Å²) in [6.45, 7) is 1.82. The van der Waals surface area contributed by atoms with E-state index in [1.165, 1.54) is 17.0 Å². The minimum absolute atomic E-state index is 0.0301. The van der Waals surface area contributed by atoms with Crippen molar-refractivity contribution in [1.29, 1.82) is 0 Å². The fourth-order valence-electron chi connectivity index (χ4n) is 3.48. The number of nitro groups is 1. The first-order valence-electron chi connectivity index (χ1n) is 7.71. The van der Waals surface area contributed by atoms with Gasteiger partial charge in [-0.05, 0) is 31.2 Å². The largest absolute Gasteiger partial charge is 0.467 e. The summed E-state index contributed by atoms with van der Waals surface area (Å²) in [7, 11) is 0. The van der Waals surface area contributed by atoms with Crippen molar-refractivity contribution >= 4 is 29.0 Å². The number of amides is 2. The number of nitrogens with zero attached hydrogens (tertiary/aromatic N) is 2. The van der Waals surface area contributed by atoms with Crippen LogP contribution in [0.5, 0.6) is 5.75 Å². The minimum Gasteiger partial charge on any atom is -0.467 e. The molecule has 2 aromatic rings. The molecule has 128 valence electrons. The predicted molar refractivity (Wildman–Crippen MR) is 92.0 cm³/mol. The third-order valence-electron chi connectivity index (χ3n) is 4.53. The molecule has 2 aliphatic rings. The van der Waals surface area contributed by atoms with Crippen LogP contribution in [0.15, 0.2) is 42.5 Å². The number of carbonyl (C=O) groups is 1. The van der Waals surface area contributed by atoms with Gasteiger partial charge in [-0.3, -0.25) is 15.0 Å². The Morgan fingerprint density at radius 2 is 2.16 bits per heavy atom. The van der Waals surface area contributed by atoms with E-state index in [9.17, 15) is 14.9 Å². The molecule has 25 heavy (non-hydrogen) atoms. The molecule has 1 saturated heterocycles. The third-order valence-corrected chi connectivity index (χ3v) is 4.77. The lowest BCUT2D eigenvalue weighted by atomic mass is 9.90. The molecule has 0 saturated carbocycles. The SMILES string of the molecule is C[C@]12C[C@@H](NC(=O)N1c1cccc(Cl)c1)c1cc([N+](=O)[O-])ccc1O2. The highest BCUT2D eigenvalue weighted by Crippen LogP contribution is 2.46. The lowest BCUT2D eigenvalue weighted by Crippen LogP contribution is -2.65. The molecule has 2 aliphatic heterocycles. The maximum Gasteiger partial charge on any atom is 0.325 e. The van der Waals surface area contributed by atoms with Crippen molar-refractivity contribution in [3.8, 4) is 5.75 Å². The van der Waals surface area contributed by atoms with Crippen LogP contribution in [0.25, 0.3) is 0 Å². The summed E-state index contributed by atoms with van der Waals surface area (Å²) in [6, 6.07) is 10.7. The Hall–Kier alpha value is -2.80. The number of nitrogens with one attached hydrogen (secondary N) is 1. The van der Waals surface area contributed by atoms with Gasteiger partial charge in [0.25, 0.3) is 5.69 Å². The van der Waals surface area contributed by atoms with Crippen molar-refractivity contribution in [1.82, 2.24) is 5.32 Å². The highest BCUT2D eigenvalue weighted by atomic mass is 35.5. The number of halogens is 1. The molecule has 0 aromatic heterocycles. The monoisotopic (exact) mass is 359 g/mol. The molecule has 2 aromatic carbocycles. The third kappa shape index (κ3) is 2.47. The van der Waals surface area contributed by atoms with Gasteiger partial charge in [-0.1, -0.05) is 17.7 Å². The molecule has 0 aliphatic carbocycles. The van der Waals surface area contributed by atoms with Gasteiger partial charge in [-0.2, -0.15) is 0 Å². The molecule has 1 N–H and O–H groups in total. The zero-order chi connectivity index (χ0) is 17.8. The Labute approximate surface area is 148 Å². The molecule has 0 radical (unpaired) electrons. The topological polar surface area (TPSA) is 84.7 Å². The number of rotatable bonds is 2. The van der Waals surface area contributed by atoms with Crippen LogP contribution in [0.4, 0.5) is 16.2 Å². The molecular weight excluding hydrogens is 346 g/mol. The summed E-state index contributed by atoms with van der Waals surface area (Å²) in [6.07, 6.45) is 0.458. The van der Waals surface area contributed by atoms with E-state index in [0.717, 1.165) is 0 Å². The molecule has 2 atom stereocenters. The number of non-ortho nitro benzene ring substituents is 1. The van der Waals surface area contributed by atoms with Crippen molar-refractivity contribution in [2.45, 2.75) is 25.1 Å². The van der Waals surface area contributed by atoms with Crippen LogP contribution in [-0.2, 0) is 0 Å². The molecule has 4 rings (SSSR count). The van der Waals surface area contributed by atoms with Crippen LogP contribution < -0.4 is 15.0 Å². The smallest absolute Gasteiger partial charge is 0.325 e. The zero-order valence-corrected chi connectivity index (χ0v) is 14.0. The van der Waals surface area contributed by atoms with Gasteiger partial charge in [0.2, 0.25) is 0 Å². The number of anilines is 1. The van der Waals surface area contributed by atoms with E-state index in [4.69, 9.17) is 16.3 Å². The van der Waals surface area contributed by atoms with E-state index >= 15 is 0 Å². The summed E-state index contributed by atoms with van der Waals surface area (Å²) in [4.78, 5) is 24.8. The molecule has 1 fully saturated rings. The van der Waals surface area contributed by atoms with Gasteiger partial charge in [0.05, 0.1) is 16.7 Å². The van der Waals surface area contributed by atoms with Gasteiger partial charge in [0.1, 0.15) is 5.75 Å². The van der Waals surface area contributed by atoms with E-state index in [-0.39, 0.29) is 17.8 Å². The average Bonchev–Trinajstić information content (AvgIpc) is 2.53. The lowest BCUT2D eigenvalue weighted by molar-refractivity contribution is -0.385. The van der Waals surface area contributed by atoms with Crippen LogP contribution >= 0.6 is 11.6 Å². The standard InChI is InChI=1S/C17H14ClN3O4/c1-17-9-14(13-8-12(21(23)24)5-6-15(13)25-17)19-16(22)20(17)11-4-2-3-10(18)7-11/h2-8,14H,9H2,1H3,(H,19,22)/t14-,17+/m1/s1. The quantitative estimate of drug-likeness (QED) is 0.648. The number of hydrogen-bond acceptors (Lipinski definition) is 4. The number of fused-ring (bicyclic) bond motifs is 4. The molecule has 0 spiro atoms. The fourth-order valence-corrected chi connectivity index (χ4v) is 3.67. The Morgan fingerprint density at radius 1 is 1.36 bits per heavy atom. The molecule has 2 amide bonds. The Balaban J connectivity index is 1.79. The fraction of sp³-hybridized carbons (Fsp3) is 0.235. The first kappa shape index (κ1) is 15.7. The van der Waals surface area contributed by atoms with E-state index < -0.39 is 10.6 Å². The van der Waals surface area contributed by atoms with Gasteiger partial charge >= 0.3 is 6.03 Å². The molecular formula is C17H14ClN3O4. The summed E-state index contributed by atoms with van der Waals surface area (Å²) >= 11 is 6.06. The zero-order valence-electron chi connectivity index (χ0n) is 13.2. The molecule has 8 heteroatoms. The molecule has 2 bridgehead atoms. The predicted octanol–water partition coefficient (Wildman–Crippen LogP) is 4.02. The van der Waals surface area contributed by atoms with Crippen molar-refractivity contribution < 1.29 is 14.5 Å². The summed E-state index contributed by atoms with van der Waals surface area (Å²) in [5.41, 5.74) is 0.292. The van der Waals surface area contributed by atoms with Crippen LogP contribution in [0.2, 0.25) is 5.02 Å². The second-order valence-corrected chi connectivity index (χ2v) is 6.71. The van der Waals surface area contributed by atoms with Crippen LogP contribution in [0.3, 0.4) is 0 Å². The van der Waals surface area contributed by atoms with Crippen LogP contribution in [0.1, 0.15) is 24.9 Å². The number of benzene rings is 2. The van der Waals surface area contributed by atoms with Gasteiger partial charge in [-0.15, -0.1) is 0 Å². The maximum atomic E-state index is 12.7. The van der Waals surface area contributed by atoms with Crippen LogP contribution in [0, 0.1) is 10.1 Å². The number of ether oxygens (including phenoxy) is 1. The Morgan fingerprint density at radius 3 is 2.88 bits per heavy atom. The highest BCUT2D eigenvalue weighted by Gasteiger charge is 2.50. The average molecular weight is 360 g/mol. The van der Waals surface area contributed by atoms with Crippen molar-refractivity contribution in [3.05, 3.63) is 63.2 Å². The van der Waals surface area contributed by atoms with Gasteiger partial charge in [0.15, 0.2) is 5.72 Å². The minimum atomic E-state index is -0.916. The van der Waals surface area contributed by atoms with E-state index in [2.05, 4.69) is 5.32 Å². The first-order valence-corrected chi connectivity index (χ1v) is 8.09. The summed E-state index contributed by atoms with van der Waals surface area (Å²) in [5, 5.41) is 14.4. The van der Waals surface area contributed by atoms with Crippen molar-refractivity contribution in [3.63, 3.8) is 0 Å². The van der Waals surface area contributed by atoms with E-state index in [1.54, 1.807) is 30.3 Å². The van der Waals surface area contributed by atoms with E-state index in [0.29, 0.717) is 28.4 Å². The van der Waals surface area contributed by atoms with Gasteiger partial charge in [0, 0.05) is 29.1 Å². The number of carbonyl (C=O) groups excluding carboxylic acids is 1. The molecule has 0 unspecified atom stereocenters. The molecule has 2 heterocycles. The number of nitro benzene ring substituents is 1. The van der Waals surface area contributed by atoms with Crippen LogP contribution in [-0.4, -0.2) is 16.7 Å². The Bertz CT molecular complexity index is 903. The number of urea groups is 1. The second kappa shape index (κ2) is 5.35. The normalized spacial score (nSPS) is 24.2. The Kier molecular flexibility index (Phi) is 3.36. The summed E-state index contributed by atoms with van der Waals surface area (Å²) < 4.78 is 6.10. The van der Waals surface area contributed by atoms with Gasteiger partial charge < -0.3 is 10.1 Å². The van der Waals surface area contributed by atoms with Crippen molar-refractivity contribution in [2.24, 2.45) is 0 Å². The van der Waals surface area contributed by atoms with E-state index in [1.807, 2.05) is 6.92 Å². The number of hydrogen-bond donors (Lipinski definition) is 1. The molecule has 7 nitrogen and oxygen atoms in total. The first-order chi connectivity index (χ1) is 11.9. The second-order valence-electron chi connectivity index (χ2n) is 6.28. The summed E-state index contributed by atoms with van der Waals surface area (Å²) in [5.74, 6) is 0.524. The van der Waals surface area contributed by atoms with Gasteiger partial charge in [-0.25, -0.2) is 4.79 Å². The lowest BCUT2D eigenvalue weighted by Gasteiger charge is -2.50.